The Kier molecular flexibility index (Phi) is 10.2. The Morgan fingerprint density at radius 1 is 1.10 bits per heavy atom. The second-order valence-electron chi connectivity index (χ2n) is 6.59. The van der Waals surface area contributed by atoms with Gasteiger partial charge in [0.15, 0.2) is 17.5 Å². The highest BCUT2D eigenvalue weighted by Crippen LogP contribution is 2.32. The van der Waals surface area contributed by atoms with Crippen molar-refractivity contribution in [3.05, 3.63) is 48.0 Å². The molecule has 2 aromatic rings. The number of guanidine groups is 1. The Morgan fingerprint density at radius 2 is 1.90 bits per heavy atom. The predicted octanol–water partition coefficient (Wildman–Crippen LogP) is 3.28. The van der Waals surface area contributed by atoms with Gasteiger partial charge in [-0.3, -0.25) is 9.79 Å². The highest BCUT2D eigenvalue weighted by molar-refractivity contribution is 14.0. The first-order chi connectivity index (χ1) is 14.7. The second-order valence-corrected chi connectivity index (χ2v) is 6.59. The Hall–Kier alpha value is -2.69. The molecule has 2 aromatic carbocycles. The lowest BCUT2D eigenvalue weighted by molar-refractivity contribution is 0.0954. The minimum Gasteiger partial charge on any atom is -0.497 e. The molecule has 0 radical (unpaired) electrons. The van der Waals surface area contributed by atoms with Gasteiger partial charge in [-0.2, -0.15) is 0 Å². The Morgan fingerprint density at radius 3 is 2.68 bits per heavy atom. The number of nitrogens with zero attached hydrogens (tertiary/aromatic N) is 1. The van der Waals surface area contributed by atoms with E-state index in [1.807, 2.05) is 25.1 Å². The van der Waals surface area contributed by atoms with E-state index in [0.29, 0.717) is 50.1 Å². The minimum atomic E-state index is -0.162. The first-order valence-electron chi connectivity index (χ1n) is 10.1. The molecule has 31 heavy (non-hydrogen) atoms. The molecule has 1 aliphatic rings. The van der Waals surface area contributed by atoms with Crippen LogP contribution in [0.4, 0.5) is 5.69 Å². The maximum atomic E-state index is 12.3. The molecule has 0 aromatic heterocycles. The van der Waals surface area contributed by atoms with Crippen LogP contribution in [0, 0.1) is 0 Å². The summed E-state index contributed by atoms with van der Waals surface area (Å²) in [6, 6.07) is 12.7. The highest BCUT2D eigenvalue weighted by Gasteiger charge is 2.11. The summed E-state index contributed by atoms with van der Waals surface area (Å²) in [5, 5.41) is 9.32. The zero-order valence-corrected chi connectivity index (χ0v) is 20.1. The molecule has 0 bridgehead atoms. The molecule has 0 unspecified atom stereocenters. The summed E-state index contributed by atoms with van der Waals surface area (Å²) in [6.45, 7) is 4.84. The number of fused-ring (bicyclic) bond motifs is 1. The monoisotopic (exact) mass is 540 g/mol. The third-order valence-corrected chi connectivity index (χ3v) is 4.35. The van der Waals surface area contributed by atoms with Crippen molar-refractivity contribution in [2.45, 2.75) is 13.3 Å². The number of carbonyl (C=O) groups excluding carboxylic acids is 1. The van der Waals surface area contributed by atoms with E-state index in [1.54, 1.807) is 31.4 Å². The van der Waals surface area contributed by atoms with Crippen molar-refractivity contribution >= 4 is 41.5 Å². The molecule has 1 aliphatic heterocycles. The maximum Gasteiger partial charge on any atom is 0.251 e. The van der Waals surface area contributed by atoms with Gasteiger partial charge in [0.1, 0.15) is 5.75 Å². The largest absolute Gasteiger partial charge is 0.497 e. The minimum absolute atomic E-state index is 0. The van der Waals surface area contributed by atoms with E-state index < -0.39 is 0 Å². The fourth-order valence-corrected chi connectivity index (χ4v) is 2.89. The van der Waals surface area contributed by atoms with Crippen LogP contribution in [-0.2, 0) is 0 Å². The van der Waals surface area contributed by atoms with Crippen molar-refractivity contribution in [1.29, 1.82) is 0 Å². The molecule has 168 valence electrons. The van der Waals surface area contributed by atoms with Gasteiger partial charge in [0.05, 0.1) is 26.9 Å². The lowest BCUT2D eigenvalue weighted by Crippen LogP contribution is -2.32. The Labute approximate surface area is 199 Å². The summed E-state index contributed by atoms with van der Waals surface area (Å²) in [4.78, 5) is 16.8. The number of hydrogen-bond donors (Lipinski definition) is 3. The molecule has 0 atom stereocenters. The van der Waals surface area contributed by atoms with Gasteiger partial charge in [-0.15, -0.1) is 24.0 Å². The van der Waals surface area contributed by atoms with Crippen LogP contribution in [0.5, 0.6) is 17.2 Å². The summed E-state index contributed by atoms with van der Waals surface area (Å²) in [7, 11) is 1.57. The summed E-state index contributed by atoms with van der Waals surface area (Å²) in [6.07, 6.45) is 0.864. The summed E-state index contributed by atoms with van der Waals surface area (Å²) in [5.74, 6) is 2.58. The number of carbonyl (C=O) groups is 1. The van der Waals surface area contributed by atoms with E-state index >= 15 is 0 Å². The zero-order valence-electron chi connectivity index (χ0n) is 17.8. The molecule has 0 saturated carbocycles. The van der Waals surface area contributed by atoms with E-state index in [0.717, 1.165) is 23.6 Å². The number of amides is 1. The topological polar surface area (TPSA) is 93.2 Å². The third-order valence-electron chi connectivity index (χ3n) is 4.35. The van der Waals surface area contributed by atoms with Crippen LogP contribution < -0.4 is 30.2 Å². The van der Waals surface area contributed by atoms with E-state index in [1.165, 1.54) is 0 Å². The fraction of sp³-hybridized carbons (Fsp3) is 0.364. The van der Waals surface area contributed by atoms with E-state index in [9.17, 15) is 4.79 Å². The predicted molar refractivity (Wildman–Crippen MR) is 132 cm³/mol. The average molecular weight is 540 g/mol. The van der Waals surface area contributed by atoms with Gasteiger partial charge in [-0.1, -0.05) is 6.07 Å². The van der Waals surface area contributed by atoms with Crippen LogP contribution in [0.25, 0.3) is 0 Å². The third kappa shape index (κ3) is 7.50. The first kappa shape index (κ1) is 24.6. The van der Waals surface area contributed by atoms with E-state index in [4.69, 9.17) is 14.2 Å². The summed E-state index contributed by atoms with van der Waals surface area (Å²) < 4.78 is 16.5. The van der Waals surface area contributed by atoms with Gasteiger partial charge >= 0.3 is 0 Å². The Bertz CT molecular complexity index is 892. The Balaban J connectivity index is 0.00000341. The number of nitrogens with one attached hydrogen (secondary N) is 3. The van der Waals surface area contributed by atoms with Gasteiger partial charge in [-0.25, -0.2) is 0 Å². The van der Waals surface area contributed by atoms with Crippen molar-refractivity contribution < 1.29 is 19.0 Å². The molecule has 1 amide bonds. The van der Waals surface area contributed by atoms with Gasteiger partial charge in [0.2, 0.25) is 0 Å². The SMILES string of the molecule is CCNC(=NCCNC(=O)c1cccc(OC)c1)Nc1ccc2c(c1)OCCCO2.I. The summed E-state index contributed by atoms with van der Waals surface area (Å²) >= 11 is 0. The first-order valence-corrected chi connectivity index (χ1v) is 10.1. The van der Waals surface area contributed by atoms with Crippen LogP contribution in [0.3, 0.4) is 0 Å². The highest BCUT2D eigenvalue weighted by atomic mass is 127. The molecule has 0 fully saturated rings. The van der Waals surface area contributed by atoms with Crippen LogP contribution in [0.15, 0.2) is 47.5 Å². The molecule has 0 aliphatic carbocycles. The van der Waals surface area contributed by atoms with Crippen LogP contribution in [0.1, 0.15) is 23.7 Å². The maximum absolute atomic E-state index is 12.3. The number of aliphatic imine (C=N–C) groups is 1. The number of hydrogen-bond acceptors (Lipinski definition) is 5. The normalized spacial score (nSPS) is 12.8. The van der Waals surface area contributed by atoms with Crippen LogP contribution >= 0.6 is 24.0 Å². The number of methoxy groups -OCH3 is 1. The smallest absolute Gasteiger partial charge is 0.251 e. The molecule has 0 saturated heterocycles. The van der Waals surface area contributed by atoms with Crippen molar-refractivity contribution in [2.75, 3.05) is 45.3 Å². The quantitative estimate of drug-likeness (QED) is 0.216. The number of rotatable bonds is 7. The van der Waals surface area contributed by atoms with Gasteiger partial charge in [0, 0.05) is 36.8 Å². The average Bonchev–Trinajstić information content (AvgIpc) is 3.01. The molecular weight excluding hydrogens is 511 g/mol. The molecule has 9 heteroatoms. The van der Waals surface area contributed by atoms with Gasteiger partial charge in [0.25, 0.3) is 5.91 Å². The van der Waals surface area contributed by atoms with Crippen molar-refractivity contribution in [3.8, 4) is 17.2 Å². The van der Waals surface area contributed by atoms with Crippen molar-refractivity contribution in [2.24, 2.45) is 4.99 Å². The molecule has 1 heterocycles. The van der Waals surface area contributed by atoms with Gasteiger partial charge < -0.3 is 30.2 Å². The van der Waals surface area contributed by atoms with E-state index in [2.05, 4.69) is 20.9 Å². The molecule has 3 N–H and O–H groups in total. The van der Waals surface area contributed by atoms with Gasteiger partial charge in [-0.05, 0) is 37.3 Å². The number of halogens is 1. The number of benzene rings is 2. The lowest BCUT2D eigenvalue weighted by atomic mass is 10.2. The molecular formula is C22H29IN4O4. The van der Waals surface area contributed by atoms with Crippen molar-refractivity contribution in [1.82, 2.24) is 10.6 Å². The molecule has 8 nitrogen and oxygen atoms in total. The zero-order chi connectivity index (χ0) is 21.2. The standard InChI is InChI=1S/C22H28N4O4.HI/c1-3-23-22(26-17-8-9-19-20(15-17)30-13-5-12-29-19)25-11-10-24-21(27)16-6-4-7-18(14-16)28-2;/h4,6-9,14-15H,3,5,10-13H2,1-2H3,(H,24,27)(H2,23,25,26);1H. The molecule has 0 spiro atoms. The van der Waals surface area contributed by atoms with Crippen LogP contribution in [0.2, 0.25) is 0 Å². The number of ether oxygens (including phenoxy) is 3. The molecule has 3 rings (SSSR count). The van der Waals surface area contributed by atoms with Crippen molar-refractivity contribution in [3.63, 3.8) is 0 Å². The van der Waals surface area contributed by atoms with E-state index in [-0.39, 0.29) is 29.9 Å². The summed E-state index contributed by atoms with van der Waals surface area (Å²) in [5.41, 5.74) is 1.40. The lowest BCUT2D eigenvalue weighted by Gasteiger charge is -2.14. The van der Waals surface area contributed by atoms with Crippen LogP contribution in [-0.4, -0.2) is 51.8 Å². The number of anilines is 1. The second kappa shape index (κ2) is 12.9. The fourth-order valence-electron chi connectivity index (χ4n) is 2.89.